The lowest BCUT2D eigenvalue weighted by molar-refractivity contribution is -0.131. The fourth-order valence-corrected chi connectivity index (χ4v) is 11.2. The summed E-state index contributed by atoms with van der Waals surface area (Å²) in [6.07, 6.45) is 0.987. The number of halogens is 3. The Hall–Kier alpha value is -9.79. The van der Waals surface area contributed by atoms with Crippen molar-refractivity contribution in [3.63, 3.8) is 0 Å². The molecule has 1 fully saturated rings. The van der Waals surface area contributed by atoms with Crippen molar-refractivity contribution in [3.05, 3.63) is 197 Å². The van der Waals surface area contributed by atoms with Crippen molar-refractivity contribution >= 4 is 85.6 Å². The molecule has 22 heteroatoms. The van der Waals surface area contributed by atoms with Crippen LogP contribution in [-0.2, 0) is 34.0 Å². The molecule has 1 aliphatic rings. The summed E-state index contributed by atoms with van der Waals surface area (Å²) in [6, 6.07) is 58.1. The average Bonchev–Trinajstić information content (AvgIpc) is 1.66. The van der Waals surface area contributed by atoms with E-state index in [0.717, 1.165) is 39.8 Å². The fourth-order valence-electron chi connectivity index (χ4n) is 10.3. The molecule has 454 valence electrons. The maximum Gasteiger partial charge on any atom is 0.244 e. The number of aromatic nitrogens is 12. The van der Waals surface area contributed by atoms with Gasteiger partial charge in [-0.1, -0.05) is 238 Å². The molecule has 0 saturated carbocycles. The summed E-state index contributed by atoms with van der Waals surface area (Å²) in [4.78, 5) is 39.2. The molecule has 0 radical (unpaired) electrons. The second kappa shape index (κ2) is 28.6. The number of likely N-dealkylation sites (tertiary alicyclic amines) is 1. The molecule has 12 aromatic rings. The second-order valence-electron chi connectivity index (χ2n) is 21.7. The van der Waals surface area contributed by atoms with Crippen LogP contribution in [0.3, 0.4) is 0 Å². The van der Waals surface area contributed by atoms with E-state index in [1.54, 1.807) is 18.9 Å². The van der Waals surface area contributed by atoms with Gasteiger partial charge in [0.25, 0.3) is 0 Å². The highest BCUT2D eigenvalue weighted by molar-refractivity contribution is 6.40. The maximum atomic E-state index is 12.8. The summed E-state index contributed by atoms with van der Waals surface area (Å²) in [5, 5.41) is 59.3. The van der Waals surface area contributed by atoms with Gasteiger partial charge < -0.3 is 20.6 Å². The minimum atomic E-state index is -0.471. The first-order valence-electron chi connectivity index (χ1n) is 29.4. The van der Waals surface area contributed by atoms with Gasteiger partial charge in [-0.05, 0) is 18.8 Å². The van der Waals surface area contributed by atoms with Gasteiger partial charge in [-0.25, -0.2) is 14.0 Å². The number of carbonyl (C=O) groups excluding carboxylic acids is 3. The van der Waals surface area contributed by atoms with Crippen LogP contribution >= 0.6 is 34.8 Å². The van der Waals surface area contributed by atoms with Gasteiger partial charge in [0.2, 0.25) is 17.7 Å². The van der Waals surface area contributed by atoms with Gasteiger partial charge in [0, 0.05) is 59.6 Å². The lowest BCUT2D eigenvalue weighted by Crippen LogP contribution is -2.32. The van der Waals surface area contributed by atoms with E-state index in [4.69, 9.17) is 45.0 Å². The van der Waals surface area contributed by atoms with Crippen LogP contribution in [0, 0.1) is 5.92 Å². The Morgan fingerprint density at radius 3 is 1.08 bits per heavy atom. The smallest absolute Gasteiger partial charge is 0.244 e. The van der Waals surface area contributed by atoms with Crippen molar-refractivity contribution in [2.75, 3.05) is 26.2 Å². The number of benzene rings is 6. The number of aliphatic hydroxyl groups excluding tert-OH is 1. The molecule has 6 aromatic heterocycles. The number of carbonyl (C=O) groups is 3. The first kappa shape index (κ1) is 61.8. The Labute approximate surface area is 533 Å². The number of hydrogen-bond acceptors (Lipinski definition) is 13. The lowest BCUT2D eigenvalue weighted by Gasteiger charge is -2.15. The molecule has 7 heterocycles. The van der Waals surface area contributed by atoms with Crippen molar-refractivity contribution < 1.29 is 19.5 Å². The lowest BCUT2D eigenvalue weighted by atomic mass is 10.1. The predicted octanol–water partition coefficient (Wildman–Crippen LogP) is 12.3. The molecule has 1 atom stereocenters. The summed E-state index contributed by atoms with van der Waals surface area (Å²) in [6.45, 7) is 8.32. The Morgan fingerprint density at radius 1 is 0.467 bits per heavy atom. The molecule has 0 aliphatic carbocycles. The molecule has 19 nitrogen and oxygen atoms in total. The number of nitrogens with zero attached hydrogens (tertiary/aromatic N) is 13. The third-order valence-corrected chi connectivity index (χ3v) is 15.8. The number of amides is 3. The van der Waals surface area contributed by atoms with Crippen LogP contribution in [-0.4, -0.2) is 120 Å². The molecule has 0 spiro atoms. The quantitative estimate of drug-likeness (QED) is 0.0818. The molecule has 90 heavy (non-hydrogen) atoms. The van der Waals surface area contributed by atoms with Gasteiger partial charge in [0.1, 0.15) is 53.8 Å². The molecule has 0 bridgehead atoms. The molecule has 3 N–H and O–H groups in total. The van der Waals surface area contributed by atoms with E-state index in [-0.39, 0.29) is 37.4 Å². The first-order valence-corrected chi connectivity index (χ1v) is 30.6. The standard InChI is InChI=1S/C23H20ClN5O2.C23H22ClN5O.C22H20ClN5O/c24-20-19-21(15-7-3-1-4-8-15)27-29(14-18(31)28-12-11-17(30)13-28)23(19)26-25-22(20)16-9-5-2-6-10-16;1-15(2)13-25-18(30)14-29-23-19(21(28-29)16-9-5-3-6-10-16)20(24)22(26-27-23)17-11-7-4-8-12-17;1-2-13-24-17(29)14-28-22-18(20(27-28)15-9-5-3-6-10-15)19(23)21(25-26-22)16-11-7-4-8-12-16/h1-10,17,30H,11-14H2;3-12,15H,13-14H2,1-2H3,(H,25,30);3-12H,2,13-14H2,1H3,(H,24,29). The summed E-state index contributed by atoms with van der Waals surface area (Å²) >= 11 is 20.5. The van der Waals surface area contributed by atoms with Gasteiger partial charge in [-0.15, -0.1) is 30.6 Å². The zero-order valence-corrected chi connectivity index (χ0v) is 51.7. The van der Waals surface area contributed by atoms with Crippen LogP contribution < -0.4 is 10.6 Å². The normalized spacial score (nSPS) is 12.8. The van der Waals surface area contributed by atoms with Crippen molar-refractivity contribution in [2.45, 2.75) is 59.4 Å². The second-order valence-corrected chi connectivity index (χ2v) is 22.9. The summed E-state index contributed by atoms with van der Waals surface area (Å²) in [5.74, 6) is -0.00447. The topological polar surface area (TPSA) is 230 Å². The SMILES string of the molecule is CC(C)CNC(=O)Cn1nc(-c2ccccc2)c2c(Cl)c(-c3ccccc3)nnc21.CCCNC(=O)Cn1nc(-c2ccccc2)c2c(Cl)c(-c3ccccc3)nnc21.O=C(Cn1nc(-c2ccccc2)c2c(Cl)c(-c3ccccc3)nnc21)N1CCC(O)C1. The van der Waals surface area contributed by atoms with E-state index in [2.05, 4.69) is 46.3 Å². The third kappa shape index (κ3) is 13.9. The number of fused-ring (bicyclic) bond motifs is 3. The Balaban J connectivity index is 0.000000139. The van der Waals surface area contributed by atoms with Gasteiger partial charge in [0.05, 0.1) is 37.3 Å². The number of aliphatic hydroxyl groups is 1. The van der Waals surface area contributed by atoms with Crippen LogP contribution in [0.2, 0.25) is 15.1 Å². The molecule has 6 aromatic carbocycles. The van der Waals surface area contributed by atoms with Gasteiger partial charge >= 0.3 is 0 Å². The third-order valence-electron chi connectivity index (χ3n) is 14.7. The van der Waals surface area contributed by atoms with Crippen LogP contribution in [0.4, 0.5) is 0 Å². The van der Waals surface area contributed by atoms with Gasteiger partial charge in [-0.2, -0.15) is 15.3 Å². The Bertz CT molecular complexity index is 4460. The number of rotatable bonds is 16. The molecule has 1 saturated heterocycles. The fraction of sp³-hybridized carbons (Fsp3) is 0.206. The minimum absolute atomic E-state index is 0.00570. The van der Waals surface area contributed by atoms with Gasteiger partial charge in [0.15, 0.2) is 16.9 Å². The number of β-amino-alcohol motifs (C(OH)–C–C–N with tert-alkyl or cyclic N) is 1. The van der Waals surface area contributed by atoms with E-state index in [0.29, 0.717) is 121 Å². The molecule has 1 unspecified atom stereocenters. The summed E-state index contributed by atoms with van der Waals surface area (Å²) in [7, 11) is 0. The first-order chi connectivity index (χ1) is 43.8. The highest BCUT2D eigenvalue weighted by atomic mass is 35.5. The molecular formula is C68H62Cl3N15O4. The predicted molar refractivity (Wildman–Crippen MR) is 352 cm³/mol. The van der Waals surface area contributed by atoms with E-state index in [9.17, 15) is 19.5 Å². The van der Waals surface area contributed by atoms with E-state index < -0.39 is 6.10 Å². The maximum absolute atomic E-state index is 12.8. The number of nitrogens with one attached hydrogen (secondary N) is 2. The summed E-state index contributed by atoms with van der Waals surface area (Å²) in [5.41, 5.74) is 10.5. The monoisotopic (exact) mass is 1260 g/mol. The molecule has 1 aliphatic heterocycles. The van der Waals surface area contributed by atoms with Crippen molar-refractivity contribution in [1.82, 2.24) is 75.5 Å². The van der Waals surface area contributed by atoms with Crippen LogP contribution in [0.15, 0.2) is 182 Å². The highest BCUT2D eigenvalue weighted by Crippen LogP contribution is 2.40. The van der Waals surface area contributed by atoms with Crippen molar-refractivity contribution in [1.29, 1.82) is 0 Å². The molecule has 3 amide bonds. The van der Waals surface area contributed by atoms with Crippen LogP contribution in [0.5, 0.6) is 0 Å². The minimum Gasteiger partial charge on any atom is -0.391 e. The molecule has 13 rings (SSSR count). The largest absolute Gasteiger partial charge is 0.391 e. The van der Waals surface area contributed by atoms with Crippen molar-refractivity contribution in [2.24, 2.45) is 5.92 Å². The highest BCUT2D eigenvalue weighted by Gasteiger charge is 2.29. The van der Waals surface area contributed by atoms with Crippen molar-refractivity contribution in [3.8, 4) is 67.5 Å². The van der Waals surface area contributed by atoms with E-state index in [1.165, 1.54) is 0 Å². The number of hydrogen-bond donors (Lipinski definition) is 3. The van der Waals surface area contributed by atoms with Crippen LogP contribution in [0.25, 0.3) is 101 Å². The Morgan fingerprint density at radius 2 is 0.778 bits per heavy atom. The van der Waals surface area contributed by atoms with Crippen LogP contribution in [0.1, 0.15) is 33.6 Å². The molecular weight excluding hydrogens is 1200 g/mol. The zero-order valence-electron chi connectivity index (χ0n) is 49.5. The van der Waals surface area contributed by atoms with E-state index >= 15 is 0 Å². The average molecular weight is 1260 g/mol. The zero-order chi connectivity index (χ0) is 62.7. The summed E-state index contributed by atoms with van der Waals surface area (Å²) < 4.78 is 4.69. The Kier molecular flexibility index (Phi) is 19.6. The van der Waals surface area contributed by atoms with Gasteiger partial charge in [-0.3, -0.25) is 14.4 Å². The van der Waals surface area contributed by atoms with E-state index in [1.807, 2.05) is 203 Å².